The van der Waals surface area contributed by atoms with E-state index in [2.05, 4.69) is 0 Å². The molecule has 0 amide bonds. The van der Waals surface area contributed by atoms with Gasteiger partial charge in [-0.05, 0) is 36.8 Å². The molecular formula is C23H30N2O4. The molecule has 6 heteroatoms. The summed E-state index contributed by atoms with van der Waals surface area (Å²) in [5.74, 6) is 1.69. The van der Waals surface area contributed by atoms with Gasteiger partial charge in [-0.1, -0.05) is 13.3 Å². The molecule has 2 N–H and O–H groups in total. The number of rotatable bonds is 9. The SMILES string of the molecule is CCC/C(=C\c1cc(OC)c(OC)cc1OC)C(=O)c1ccc(N(C)C)c(N)c1. The Labute approximate surface area is 172 Å². The van der Waals surface area contributed by atoms with E-state index in [4.69, 9.17) is 19.9 Å². The molecule has 0 aromatic heterocycles. The molecule has 0 spiro atoms. The molecule has 0 saturated heterocycles. The number of ether oxygens (including phenoxy) is 3. The number of hydrogen-bond acceptors (Lipinski definition) is 6. The molecule has 2 aromatic carbocycles. The summed E-state index contributed by atoms with van der Waals surface area (Å²) in [6.07, 6.45) is 3.31. The van der Waals surface area contributed by atoms with Gasteiger partial charge in [0, 0.05) is 36.9 Å². The van der Waals surface area contributed by atoms with E-state index in [1.165, 1.54) is 0 Å². The third kappa shape index (κ3) is 5.02. The van der Waals surface area contributed by atoms with Crippen molar-refractivity contribution < 1.29 is 19.0 Å². The zero-order valence-electron chi connectivity index (χ0n) is 18.0. The lowest BCUT2D eigenvalue weighted by Gasteiger charge is -2.16. The number of ketones is 1. The number of allylic oxidation sites excluding steroid dienone is 1. The van der Waals surface area contributed by atoms with Gasteiger partial charge < -0.3 is 24.8 Å². The maximum atomic E-state index is 13.2. The van der Waals surface area contributed by atoms with Crippen LogP contribution in [0.5, 0.6) is 17.2 Å². The number of carbonyl (C=O) groups is 1. The van der Waals surface area contributed by atoms with Gasteiger partial charge in [0.2, 0.25) is 0 Å². The van der Waals surface area contributed by atoms with Crippen LogP contribution in [0.2, 0.25) is 0 Å². The van der Waals surface area contributed by atoms with E-state index in [1.807, 2.05) is 50.2 Å². The second-order valence-electron chi connectivity index (χ2n) is 6.87. The zero-order chi connectivity index (χ0) is 21.6. The summed E-state index contributed by atoms with van der Waals surface area (Å²) in [5, 5.41) is 0. The largest absolute Gasteiger partial charge is 0.496 e. The fourth-order valence-electron chi connectivity index (χ4n) is 3.16. The van der Waals surface area contributed by atoms with Crippen LogP contribution in [0.15, 0.2) is 35.9 Å². The van der Waals surface area contributed by atoms with Crippen molar-refractivity contribution in [3.8, 4) is 17.2 Å². The third-order valence-electron chi connectivity index (χ3n) is 4.65. The second kappa shape index (κ2) is 9.87. The van der Waals surface area contributed by atoms with Crippen LogP contribution in [-0.4, -0.2) is 41.2 Å². The Balaban J connectivity index is 2.52. The number of nitrogen functional groups attached to an aromatic ring is 1. The van der Waals surface area contributed by atoms with Crippen LogP contribution in [0.25, 0.3) is 6.08 Å². The van der Waals surface area contributed by atoms with E-state index >= 15 is 0 Å². The topological polar surface area (TPSA) is 74.0 Å². The Hall–Kier alpha value is -3.15. The van der Waals surface area contributed by atoms with E-state index in [0.717, 1.165) is 17.7 Å². The van der Waals surface area contributed by atoms with Crippen molar-refractivity contribution in [2.45, 2.75) is 19.8 Å². The van der Waals surface area contributed by atoms with Gasteiger partial charge in [-0.15, -0.1) is 0 Å². The molecule has 0 radical (unpaired) electrons. The summed E-state index contributed by atoms with van der Waals surface area (Å²) < 4.78 is 16.2. The molecule has 0 saturated carbocycles. The van der Waals surface area contributed by atoms with Crippen LogP contribution in [0, 0.1) is 0 Å². The van der Waals surface area contributed by atoms with Gasteiger partial charge in [-0.3, -0.25) is 4.79 Å². The van der Waals surface area contributed by atoms with Crippen molar-refractivity contribution in [1.29, 1.82) is 0 Å². The first-order valence-electron chi connectivity index (χ1n) is 9.48. The highest BCUT2D eigenvalue weighted by molar-refractivity contribution is 6.12. The Bertz CT molecular complexity index is 904. The van der Waals surface area contributed by atoms with Crippen LogP contribution < -0.4 is 24.8 Å². The van der Waals surface area contributed by atoms with Crippen LogP contribution >= 0.6 is 0 Å². The maximum absolute atomic E-state index is 13.2. The molecule has 0 heterocycles. The summed E-state index contributed by atoms with van der Waals surface area (Å²) in [7, 11) is 8.56. The molecule has 6 nitrogen and oxygen atoms in total. The summed E-state index contributed by atoms with van der Waals surface area (Å²) in [5.41, 5.74) is 9.58. The zero-order valence-corrected chi connectivity index (χ0v) is 18.0. The first-order valence-corrected chi connectivity index (χ1v) is 9.48. The number of hydrogen-bond donors (Lipinski definition) is 1. The third-order valence-corrected chi connectivity index (χ3v) is 4.65. The minimum Gasteiger partial charge on any atom is -0.496 e. The van der Waals surface area contributed by atoms with Crippen LogP contribution in [0.1, 0.15) is 35.7 Å². The Morgan fingerprint density at radius 1 is 1.00 bits per heavy atom. The lowest BCUT2D eigenvalue weighted by molar-refractivity contribution is 0.103. The summed E-state index contributed by atoms with van der Waals surface area (Å²) in [4.78, 5) is 15.1. The van der Waals surface area contributed by atoms with Crippen molar-refractivity contribution in [2.24, 2.45) is 0 Å². The predicted octanol–water partition coefficient (Wildman–Crippen LogP) is 4.43. The summed E-state index contributed by atoms with van der Waals surface area (Å²) >= 11 is 0. The molecule has 156 valence electrons. The Morgan fingerprint density at radius 2 is 1.62 bits per heavy atom. The number of nitrogens with two attached hydrogens (primary N) is 1. The molecule has 2 aromatic rings. The highest BCUT2D eigenvalue weighted by Crippen LogP contribution is 2.36. The second-order valence-corrected chi connectivity index (χ2v) is 6.87. The van der Waals surface area contributed by atoms with Crippen molar-refractivity contribution in [3.05, 3.63) is 47.0 Å². The van der Waals surface area contributed by atoms with Gasteiger partial charge in [-0.25, -0.2) is 0 Å². The lowest BCUT2D eigenvalue weighted by atomic mass is 9.96. The number of carbonyl (C=O) groups excluding carboxylic acids is 1. The Morgan fingerprint density at radius 3 is 2.14 bits per heavy atom. The van der Waals surface area contributed by atoms with Gasteiger partial charge in [0.25, 0.3) is 0 Å². The van der Waals surface area contributed by atoms with Gasteiger partial charge in [0.1, 0.15) is 5.75 Å². The molecule has 0 atom stereocenters. The molecule has 0 bridgehead atoms. The highest BCUT2D eigenvalue weighted by Gasteiger charge is 2.17. The van der Waals surface area contributed by atoms with E-state index < -0.39 is 0 Å². The van der Waals surface area contributed by atoms with Gasteiger partial charge in [-0.2, -0.15) is 0 Å². The summed E-state index contributed by atoms with van der Waals surface area (Å²) in [6, 6.07) is 8.96. The van der Waals surface area contributed by atoms with Gasteiger partial charge in [0.15, 0.2) is 17.3 Å². The fourth-order valence-corrected chi connectivity index (χ4v) is 3.16. The molecular weight excluding hydrogens is 368 g/mol. The molecule has 0 fully saturated rings. The number of methoxy groups -OCH3 is 3. The smallest absolute Gasteiger partial charge is 0.189 e. The molecule has 0 aliphatic rings. The average molecular weight is 399 g/mol. The Kier molecular flexibility index (Phi) is 7.53. The van der Waals surface area contributed by atoms with Crippen LogP contribution in [0.4, 0.5) is 11.4 Å². The maximum Gasteiger partial charge on any atom is 0.189 e. The van der Waals surface area contributed by atoms with Crippen molar-refractivity contribution in [1.82, 2.24) is 0 Å². The van der Waals surface area contributed by atoms with Gasteiger partial charge in [0.05, 0.1) is 32.7 Å². The standard InChI is InChI=1S/C23H30N2O4/c1-7-8-15(23(26)16-9-10-19(25(2)3)18(24)12-16)11-17-13-21(28-5)22(29-6)14-20(17)27-4/h9-14H,7-8,24H2,1-6H3/b15-11+. The molecule has 0 aliphatic heterocycles. The summed E-state index contributed by atoms with van der Waals surface area (Å²) in [6.45, 7) is 2.04. The molecule has 0 unspecified atom stereocenters. The van der Waals surface area contributed by atoms with E-state index in [9.17, 15) is 4.79 Å². The number of anilines is 2. The molecule has 0 aliphatic carbocycles. The van der Waals surface area contributed by atoms with Crippen LogP contribution in [-0.2, 0) is 0 Å². The van der Waals surface area contributed by atoms with Crippen molar-refractivity contribution >= 4 is 23.2 Å². The molecule has 2 rings (SSSR count). The van der Waals surface area contributed by atoms with Crippen molar-refractivity contribution in [3.63, 3.8) is 0 Å². The van der Waals surface area contributed by atoms with Crippen molar-refractivity contribution in [2.75, 3.05) is 46.1 Å². The predicted molar refractivity (Wildman–Crippen MR) is 118 cm³/mol. The van der Waals surface area contributed by atoms with Crippen LogP contribution in [0.3, 0.4) is 0 Å². The number of Topliss-reactive ketones (excluding diaryl/α,β-unsaturated/α-hetero) is 1. The van der Waals surface area contributed by atoms with E-state index in [-0.39, 0.29) is 5.78 Å². The number of nitrogens with zero attached hydrogens (tertiary/aromatic N) is 1. The first kappa shape index (κ1) is 22.1. The highest BCUT2D eigenvalue weighted by atomic mass is 16.5. The van der Waals surface area contributed by atoms with Gasteiger partial charge >= 0.3 is 0 Å². The molecule has 29 heavy (non-hydrogen) atoms. The van der Waals surface area contributed by atoms with E-state index in [0.29, 0.717) is 40.5 Å². The quantitative estimate of drug-likeness (QED) is 0.383. The lowest BCUT2D eigenvalue weighted by Crippen LogP contribution is -2.12. The minimum absolute atomic E-state index is 0.0549. The van der Waals surface area contributed by atoms with E-state index in [1.54, 1.807) is 33.5 Å². The average Bonchev–Trinajstić information content (AvgIpc) is 2.71. The monoisotopic (exact) mass is 398 g/mol. The minimum atomic E-state index is -0.0549. The first-order chi connectivity index (χ1) is 13.9. The normalized spacial score (nSPS) is 11.2. The fraction of sp³-hybridized carbons (Fsp3) is 0.348. The number of benzene rings is 2.